The van der Waals surface area contributed by atoms with Crippen molar-refractivity contribution in [1.82, 2.24) is 0 Å². The van der Waals surface area contributed by atoms with Gasteiger partial charge in [0.2, 0.25) is 0 Å². The van der Waals surface area contributed by atoms with Gasteiger partial charge in [-0.2, -0.15) is 0 Å². The first-order valence-electron chi connectivity index (χ1n) is 6.30. The Hall–Kier alpha value is -1.04. The molecule has 2 heteroatoms. The number of allylic oxidation sites excluding steroid dienone is 1. The van der Waals surface area contributed by atoms with Crippen molar-refractivity contribution < 1.29 is 9.47 Å². The van der Waals surface area contributed by atoms with Gasteiger partial charge in [-0.1, -0.05) is 6.58 Å². The zero-order chi connectivity index (χ0) is 12.3. The number of ether oxygens (including phenoxy) is 2. The van der Waals surface area contributed by atoms with Crippen LogP contribution in [0.4, 0.5) is 0 Å². The lowest BCUT2D eigenvalue weighted by atomic mass is 10.1. The van der Waals surface area contributed by atoms with Gasteiger partial charge in [0.05, 0.1) is 6.10 Å². The van der Waals surface area contributed by atoms with Crippen molar-refractivity contribution in [2.24, 2.45) is 0 Å². The molecule has 0 aromatic heterocycles. The van der Waals surface area contributed by atoms with Crippen LogP contribution in [0, 0.1) is 12.3 Å². The van der Waals surface area contributed by atoms with E-state index in [1.54, 1.807) is 0 Å². The van der Waals surface area contributed by atoms with Crippen molar-refractivity contribution in [2.45, 2.75) is 51.4 Å². The molecule has 2 unspecified atom stereocenters. The molecule has 0 aromatic rings. The predicted molar refractivity (Wildman–Crippen MR) is 68.4 cm³/mol. The van der Waals surface area contributed by atoms with Crippen molar-refractivity contribution in [3.05, 3.63) is 23.3 Å². The van der Waals surface area contributed by atoms with Crippen LogP contribution in [0.5, 0.6) is 0 Å². The fourth-order valence-corrected chi connectivity index (χ4v) is 2.49. The smallest absolute Gasteiger partial charge is 0.158 e. The Morgan fingerprint density at radius 2 is 2.35 bits per heavy atom. The molecule has 0 saturated carbocycles. The molecule has 2 rings (SSSR count). The summed E-state index contributed by atoms with van der Waals surface area (Å²) in [7, 11) is 0. The summed E-state index contributed by atoms with van der Waals surface area (Å²) in [6, 6.07) is 0. The minimum absolute atomic E-state index is 0.0401. The van der Waals surface area contributed by atoms with Gasteiger partial charge >= 0.3 is 0 Å². The quantitative estimate of drug-likeness (QED) is 0.696. The van der Waals surface area contributed by atoms with E-state index in [1.807, 2.05) is 0 Å². The molecule has 1 heterocycles. The van der Waals surface area contributed by atoms with Gasteiger partial charge in [0, 0.05) is 19.4 Å². The largest absolute Gasteiger partial charge is 0.353 e. The van der Waals surface area contributed by atoms with Crippen molar-refractivity contribution in [3.8, 4) is 12.3 Å². The molecule has 1 saturated heterocycles. The van der Waals surface area contributed by atoms with Crippen LogP contribution in [0.15, 0.2) is 23.3 Å². The molecule has 0 spiro atoms. The summed E-state index contributed by atoms with van der Waals surface area (Å²) in [6.07, 6.45) is 10.3. The second kappa shape index (κ2) is 5.53. The van der Waals surface area contributed by atoms with Crippen molar-refractivity contribution in [3.63, 3.8) is 0 Å². The Labute approximate surface area is 104 Å². The Morgan fingerprint density at radius 3 is 3.00 bits per heavy atom. The van der Waals surface area contributed by atoms with E-state index in [-0.39, 0.29) is 12.4 Å². The highest BCUT2D eigenvalue weighted by molar-refractivity contribution is 5.43. The summed E-state index contributed by atoms with van der Waals surface area (Å²) in [5.74, 6) is 2.69. The Balaban J connectivity index is 1.98. The zero-order valence-electron chi connectivity index (χ0n) is 10.5. The van der Waals surface area contributed by atoms with Gasteiger partial charge in [0.1, 0.15) is 0 Å². The Kier molecular flexibility index (Phi) is 4.04. The first-order chi connectivity index (χ1) is 8.22. The molecule has 1 fully saturated rings. The number of rotatable bonds is 3. The third-order valence-corrected chi connectivity index (χ3v) is 3.55. The third kappa shape index (κ3) is 2.80. The molecule has 0 radical (unpaired) electrons. The van der Waals surface area contributed by atoms with E-state index in [9.17, 15) is 0 Å². The number of terminal acetylenes is 1. The van der Waals surface area contributed by atoms with E-state index < -0.39 is 0 Å². The van der Waals surface area contributed by atoms with E-state index in [2.05, 4.69) is 19.4 Å². The van der Waals surface area contributed by atoms with E-state index in [0.29, 0.717) is 6.42 Å². The summed E-state index contributed by atoms with van der Waals surface area (Å²) in [4.78, 5) is 0. The van der Waals surface area contributed by atoms with E-state index in [0.717, 1.165) is 31.4 Å². The molecule has 2 atom stereocenters. The highest BCUT2D eigenvalue weighted by atomic mass is 16.7. The maximum absolute atomic E-state index is 6.00. The molecule has 0 N–H and O–H groups in total. The zero-order valence-corrected chi connectivity index (χ0v) is 10.5. The van der Waals surface area contributed by atoms with Crippen molar-refractivity contribution >= 4 is 0 Å². The van der Waals surface area contributed by atoms with Crippen LogP contribution in [0.1, 0.15) is 39.0 Å². The van der Waals surface area contributed by atoms with Crippen LogP contribution in [-0.4, -0.2) is 19.0 Å². The van der Waals surface area contributed by atoms with Crippen LogP contribution in [0.2, 0.25) is 0 Å². The van der Waals surface area contributed by atoms with Crippen LogP contribution in [-0.2, 0) is 9.47 Å². The van der Waals surface area contributed by atoms with E-state index in [4.69, 9.17) is 15.9 Å². The highest BCUT2D eigenvalue weighted by Gasteiger charge is 2.28. The molecule has 0 bridgehead atoms. The minimum atomic E-state index is -0.0401. The monoisotopic (exact) mass is 232 g/mol. The Morgan fingerprint density at radius 1 is 1.53 bits per heavy atom. The SMILES string of the molecule is C#CCC1=C(C)C(OC2CCCCO2)CC1=C. The third-order valence-electron chi connectivity index (χ3n) is 3.55. The first kappa shape index (κ1) is 12.4. The topological polar surface area (TPSA) is 18.5 Å². The summed E-state index contributed by atoms with van der Waals surface area (Å²) >= 11 is 0. The van der Waals surface area contributed by atoms with Gasteiger partial charge in [-0.05, 0) is 42.9 Å². The maximum atomic E-state index is 6.00. The van der Waals surface area contributed by atoms with Gasteiger partial charge in [0.25, 0.3) is 0 Å². The molecule has 2 aliphatic rings. The average Bonchev–Trinajstić information content (AvgIpc) is 2.59. The van der Waals surface area contributed by atoms with E-state index >= 15 is 0 Å². The van der Waals surface area contributed by atoms with Gasteiger partial charge < -0.3 is 9.47 Å². The van der Waals surface area contributed by atoms with Crippen molar-refractivity contribution in [1.29, 1.82) is 0 Å². The van der Waals surface area contributed by atoms with Crippen molar-refractivity contribution in [2.75, 3.05) is 6.61 Å². The lowest BCUT2D eigenvalue weighted by molar-refractivity contribution is -0.179. The van der Waals surface area contributed by atoms with Crippen LogP contribution < -0.4 is 0 Å². The minimum Gasteiger partial charge on any atom is -0.353 e. The standard InChI is InChI=1S/C15H20O2/c1-4-7-13-11(2)10-14(12(13)3)17-15-8-5-6-9-16-15/h1,14-15H,2,5-10H2,3H3. The molecule has 1 aliphatic carbocycles. The molecule has 17 heavy (non-hydrogen) atoms. The van der Waals surface area contributed by atoms with Gasteiger partial charge in [-0.15, -0.1) is 12.3 Å². The lowest BCUT2D eigenvalue weighted by Gasteiger charge is -2.26. The van der Waals surface area contributed by atoms with Gasteiger partial charge in [-0.25, -0.2) is 0 Å². The average molecular weight is 232 g/mol. The maximum Gasteiger partial charge on any atom is 0.158 e. The second-order valence-corrected chi connectivity index (χ2v) is 4.77. The molecule has 0 aromatic carbocycles. The molecular formula is C15H20O2. The second-order valence-electron chi connectivity index (χ2n) is 4.77. The molecule has 92 valence electrons. The van der Waals surface area contributed by atoms with E-state index in [1.165, 1.54) is 17.6 Å². The summed E-state index contributed by atoms with van der Waals surface area (Å²) in [6.45, 7) is 6.99. The first-order valence-corrected chi connectivity index (χ1v) is 6.30. The predicted octanol–water partition coefficient (Wildman–Crippen LogP) is 3.20. The molecule has 2 nitrogen and oxygen atoms in total. The lowest BCUT2D eigenvalue weighted by Crippen LogP contribution is -2.27. The van der Waals surface area contributed by atoms with Crippen LogP contribution in [0.25, 0.3) is 0 Å². The normalized spacial score (nSPS) is 29.5. The molecule has 0 amide bonds. The molecular weight excluding hydrogens is 212 g/mol. The highest BCUT2D eigenvalue weighted by Crippen LogP contribution is 2.35. The fourth-order valence-electron chi connectivity index (χ4n) is 2.49. The van der Waals surface area contributed by atoms with Gasteiger partial charge in [0.15, 0.2) is 6.29 Å². The summed E-state index contributed by atoms with van der Waals surface area (Å²) in [5, 5.41) is 0. The number of hydrogen-bond donors (Lipinski definition) is 0. The fraction of sp³-hybridized carbons (Fsp3) is 0.600. The van der Waals surface area contributed by atoms with Crippen LogP contribution in [0.3, 0.4) is 0 Å². The van der Waals surface area contributed by atoms with Crippen LogP contribution >= 0.6 is 0 Å². The number of hydrogen-bond acceptors (Lipinski definition) is 2. The summed E-state index contributed by atoms with van der Waals surface area (Å²) in [5.41, 5.74) is 3.57. The summed E-state index contributed by atoms with van der Waals surface area (Å²) < 4.78 is 11.6. The molecule has 1 aliphatic heterocycles. The van der Waals surface area contributed by atoms with Gasteiger partial charge in [-0.3, -0.25) is 0 Å². The Bertz CT molecular complexity index is 367.